The highest BCUT2D eigenvalue weighted by atomic mass is 35.5. The van der Waals surface area contributed by atoms with Gasteiger partial charge in [-0.2, -0.15) is 0 Å². The average molecular weight is 1100 g/mol. The Kier molecular flexibility index (Phi) is 18.0. The van der Waals surface area contributed by atoms with Gasteiger partial charge in [0, 0.05) is 75.3 Å². The van der Waals surface area contributed by atoms with Crippen LogP contribution in [-0.2, 0) is 30.5 Å². The van der Waals surface area contributed by atoms with Crippen LogP contribution in [-0.4, -0.2) is 153 Å². The van der Waals surface area contributed by atoms with Crippen LogP contribution in [0.15, 0.2) is 64.2 Å². The van der Waals surface area contributed by atoms with Crippen molar-refractivity contribution in [3.05, 3.63) is 70.6 Å². The molecule has 2 aromatic carbocycles. The molecule has 4 fully saturated rings. The lowest BCUT2D eigenvalue weighted by atomic mass is 9.80. The molecule has 4 aliphatic rings. The minimum absolute atomic E-state index is 0.00642. The van der Waals surface area contributed by atoms with E-state index in [1.807, 2.05) is 38.1 Å². The summed E-state index contributed by atoms with van der Waals surface area (Å²) >= 11 is 9.64. The zero-order valence-corrected chi connectivity index (χ0v) is 46.6. The van der Waals surface area contributed by atoms with Gasteiger partial charge < -0.3 is 46.2 Å². The zero-order valence-electron chi connectivity index (χ0n) is 44.2. The fourth-order valence-electron chi connectivity index (χ4n) is 9.89. The van der Waals surface area contributed by atoms with Gasteiger partial charge in [-0.05, 0) is 87.1 Å². The number of likely N-dealkylation sites (tertiary alicyclic amines) is 1. The lowest BCUT2D eigenvalue weighted by Crippen LogP contribution is -2.59. The number of rotatable bonds is 19. The van der Waals surface area contributed by atoms with Crippen LogP contribution in [0.1, 0.15) is 90.8 Å². The molecule has 4 aromatic rings. The molecule has 410 valence electrons. The van der Waals surface area contributed by atoms with Gasteiger partial charge in [0.2, 0.25) is 23.6 Å². The first kappa shape index (κ1) is 56.7. The molecule has 0 spiro atoms. The van der Waals surface area contributed by atoms with E-state index in [4.69, 9.17) is 22.1 Å². The number of halogens is 2. The summed E-state index contributed by atoms with van der Waals surface area (Å²) in [6.45, 7) is 16.5. The van der Waals surface area contributed by atoms with Gasteiger partial charge in [0.15, 0.2) is 5.67 Å². The SMILES string of the molecule is Cc1ncsc1-c1ccc(CNC(=O)[C@@H]2C[C@@H](O)CN2C(=O)[C@@H](NC(=O)C2(F)CC2)C(C)(C)C)c(OCCCN2CCN(C(=O)CC(=O)Nc3cccc(Sc4cnc(N5CCC(C)(CN)CC5)cn4)c3Cl)[C@@H](C)C2)c1. The summed E-state index contributed by atoms with van der Waals surface area (Å²) in [4.78, 5) is 90.3. The van der Waals surface area contributed by atoms with Gasteiger partial charge in [0.1, 0.15) is 35.1 Å². The first-order chi connectivity index (χ1) is 36.1. The molecule has 22 heteroatoms. The van der Waals surface area contributed by atoms with Gasteiger partial charge in [-0.1, -0.05) is 69.3 Å². The van der Waals surface area contributed by atoms with Crippen LogP contribution in [0, 0.1) is 17.8 Å². The summed E-state index contributed by atoms with van der Waals surface area (Å²) in [6.07, 6.45) is 5.06. The van der Waals surface area contributed by atoms with Crippen LogP contribution in [0.3, 0.4) is 0 Å². The molecule has 5 amide bonds. The number of β-amino-alcohol motifs (C(OH)–C–C–N with tert-alkyl or cyclic N) is 1. The number of aliphatic hydroxyl groups is 1. The van der Waals surface area contributed by atoms with E-state index in [1.165, 1.54) is 28.0 Å². The number of hydrogen-bond acceptors (Lipinski definition) is 15. The molecule has 4 atom stereocenters. The maximum absolute atomic E-state index is 14.7. The lowest BCUT2D eigenvalue weighted by molar-refractivity contribution is -0.145. The minimum atomic E-state index is -1.99. The third-order valence-electron chi connectivity index (χ3n) is 15.0. The van der Waals surface area contributed by atoms with Crippen molar-refractivity contribution in [2.24, 2.45) is 16.6 Å². The van der Waals surface area contributed by atoms with Crippen LogP contribution < -0.4 is 31.3 Å². The molecule has 0 radical (unpaired) electrons. The number of piperidine rings is 1. The number of nitrogens with two attached hydrogens (primary N) is 1. The van der Waals surface area contributed by atoms with Gasteiger partial charge in [0.25, 0.3) is 5.91 Å². The Labute approximate surface area is 457 Å². The number of aliphatic hydroxyl groups excluding tert-OH is 1. The molecule has 3 saturated heterocycles. The maximum Gasteiger partial charge on any atom is 0.258 e. The highest BCUT2D eigenvalue weighted by molar-refractivity contribution is 7.99. The summed E-state index contributed by atoms with van der Waals surface area (Å²) in [5.74, 6) is -1.22. The van der Waals surface area contributed by atoms with Crippen molar-refractivity contribution < 1.29 is 38.2 Å². The number of aryl methyl sites for hydroxylation is 1. The molecule has 8 rings (SSSR count). The quantitative estimate of drug-likeness (QED) is 0.0519. The zero-order chi connectivity index (χ0) is 54.5. The number of anilines is 2. The van der Waals surface area contributed by atoms with Crippen molar-refractivity contribution in [2.75, 3.05) is 69.2 Å². The van der Waals surface area contributed by atoms with Crippen LogP contribution in [0.5, 0.6) is 5.75 Å². The van der Waals surface area contributed by atoms with E-state index in [2.05, 4.69) is 47.6 Å². The number of aromatic nitrogens is 3. The highest BCUT2D eigenvalue weighted by Crippen LogP contribution is 2.41. The summed E-state index contributed by atoms with van der Waals surface area (Å²) in [7, 11) is 0. The number of nitrogens with zero attached hydrogens (tertiary/aromatic N) is 7. The van der Waals surface area contributed by atoms with Crippen LogP contribution >= 0.6 is 34.7 Å². The molecule has 76 heavy (non-hydrogen) atoms. The number of nitrogens with one attached hydrogen (secondary N) is 3. The first-order valence-corrected chi connectivity index (χ1v) is 28.2. The standard InChI is InChI=1S/C54H71ClFN11O7S2/c1-33-29-64(20-21-66(33)45(70)25-43(69)62-38-9-7-10-41(46(38)55)76-44-28-58-42(27-59-44)65-18-15-53(6,31-57)16-19-65)17-8-22-74-40-23-35(47-34(2)61-32-75-47)11-12-36(40)26-60-49(71)39-24-37(68)30-67(39)50(72)48(52(3,4)5)63-51(73)54(56)13-14-54/h7,9-12,23,27-28,32-33,37,39,48,68H,8,13-22,24-26,29-31,57H2,1-6H3,(H,60,71)(H,62,69)(H,63,73)/t33-,37+,39-,48+/m0/s1. The maximum atomic E-state index is 14.7. The van der Waals surface area contributed by atoms with Crippen molar-refractivity contribution in [1.82, 2.24) is 40.3 Å². The first-order valence-electron chi connectivity index (χ1n) is 26.1. The number of amides is 5. The summed E-state index contributed by atoms with van der Waals surface area (Å²) in [6, 6.07) is 8.84. The Morgan fingerprint density at radius 1 is 1.01 bits per heavy atom. The van der Waals surface area contributed by atoms with Gasteiger partial charge in [0.05, 0.1) is 51.9 Å². The van der Waals surface area contributed by atoms with E-state index >= 15 is 0 Å². The van der Waals surface area contributed by atoms with Crippen molar-refractivity contribution in [1.29, 1.82) is 0 Å². The molecule has 18 nitrogen and oxygen atoms in total. The smallest absolute Gasteiger partial charge is 0.258 e. The largest absolute Gasteiger partial charge is 0.493 e. The van der Waals surface area contributed by atoms with E-state index in [-0.39, 0.29) is 56.1 Å². The monoisotopic (exact) mass is 1100 g/mol. The predicted molar refractivity (Wildman–Crippen MR) is 292 cm³/mol. The Morgan fingerprint density at radius 2 is 1.78 bits per heavy atom. The molecule has 3 aliphatic heterocycles. The van der Waals surface area contributed by atoms with Crippen molar-refractivity contribution in [3.63, 3.8) is 0 Å². The Hall–Kier alpha value is -5.45. The lowest BCUT2D eigenvalue weighted by Gasteiger charge is -2.40. The second-order valence-corrected chi connectivity index (χ2v) is 24.3. The number of carbonyl (C=O) groups is 5. The van der Waals surface area contributed by atoms with Gasteiger partial charge >= 0.3 is 0 Å². The second kappa shape index (κ2) is 24.1. The van der Waals surface area contributed by atoms with E-state index in [9.17, 15) is 33.5 Å². The van der Waals surface area contributed by atoms with Gasteiger partial charge in [-0.3, -0.25) is 28.9 Å². The number of carbonyl (C=O) groups excluding carboxylic acids is 5. The Morgan fingerprint density at radius 3 is 2.43 bits per heavy atom. The van der Waals surface area contributed by atoms with E-state index in [0.717, 1.165) is 47.9 Å². The van der Waals surface area contributed by atoms with E-state index < -0.39 is 52.9 Å². The fourth-order valence-corrected chi connectivity index (χ4v) is 11.8. The van der Waals surface area contributed by atoms with Crippen molar-refractivity contribution in [3.8, 4) is 16.2 Å². The molecule has 2 aromatic heterocycles. The predicted octanol–water partition coefficient (Wildman–Crippen LogP) is 6.22. The Bertz CT molecular complexity index is 2750. The molecular formula is C54H71ClFN11O7S2. The topological polar surface area (TPSA) is 229 Å². The molecule has 1 saturated carbocycles. The van der Waals surface area contributed by atoms with E-state index in [1.54, 1.807) is 55.7 Å². The number of thiazole rings is 1. The normalized spacial score (nSPS) is 20.7. The summed E-state index contributed by atoms with van der Waals surface area (Å²) in [5, 5.41) is 20.1. The molecule has 0 bridgehead atoms. The number of hydrogen-bond donors (Lipinski definition) is 5. The van der Waals surface area contributed by atoms with Gasteiger partial charge in [-0.25, -0.2) is 19.3 Å². The summed E-state index contributed by atoms with van der Waals surface area (Å²) < 4.78 is 21.1. The van der Waals surface area contributed by atoms with Crippen LogP contribution in [0.4, 0.5) is 15.9 Å². The molecular weight excluding hydrogens is 1030 g/mol. The van der Waals surface area contributed by atoms with Crippen LogP contribution in [0.25, 0.3) is 10.4 Å². The van der Waals surface area contributed by atoms with Crippen molar-refractivity contribution in [2.45, 2.75) is 133 Å². The molecule has 1 aliphatic carbocycles. The average Bonchev–Trinajstić information content (AvgIpc) is 3.80. The number of ether oxygens (including phenoxy) is 1. The molecule has 5 heterocycles. The second-order valence-electron chi connectivity index (χ2n) is 22.0. The number of benzene rings is 2. The fraction of sp³-hybridized carbons (Fsp3) is 0.556. The minimum Gasteiger partial charge on any atom is -0.493 e. The molecule has 6 N–H and O–H groups in total. The Balaban J connectivity index is 0.809. The number of piperazine rings is 1. The number of alkyl halides is 1. The van der Waals surface area contributed by atoms with Gasteiger partial charge in [-0.15, -0.1) is 11.3 Å². The molecule has 0 unspecified atom stereocenters. The highest BCUT2D eigenvalue weighted by Gasteiger charge is 2.53. The van der Waals surface area contributed by atoms with E-state index in [0.29, 0.717) is 77.7 Å². The third-order valence-corrected chi connectivity index (χ3v) is 17.4. The third kappa shape index (κ3) is 13.8. The van der Waals surface area contributed by atoms with Crippen LogP contribution in [0.2, 0.25) is 5.02 Å². The van der Waals surface area contributed by atoms with Crippen molar-refractivity contribution >= 4 is 75.7 Å². The summed E-state index contributed by atoms with van der Waals surface area (Å²) in [5.41, 5.74) is 8.02.